The van der Waals surface area contributed by atoms with Crippen molar-refractivity contribution in [3.05, 3.63) is 0 Å². The molecule has 3 nitrogen and oxygen atoms in total. The molecule has 1 aliphatic rings. The van der Waals surface area contributed by atoms with E-state index in [9.17, 15) is 4.79 Å². The Morgan fingerprint density at radius 1 is 1.18 bits per heavy atom. The van der Waals surface area contributed by atoms with Crippen molar-refractivity contribution < 1.29 is 4.79 Å². The van der Waals surface area contributed by atoms with Crippen LogP contribution in [0, 0.1) is 0 Å². The molecule has 17 heavy (non-hydrogen) atoms. The summed E-state index contributed by atoms with van der Waals surface area (Å²) < 4.78 is 0. The van der Waals surface area contributed by atoms with Gasteiger partial charge in [0.1, 0.15) is 0 Å². The van der Waals surface area contributed by atoms with Crippen LogP contribution in [0.15, 0.2) is 0 Å². The Morgan fingerprint density at radius 2 is 1.82 bits per heavy atom. The van der Waals surface area contributed by atoms with Crippen molar-refractivity contribution >= 4 is 41.5 Å². The number of nitrogens with one attached hydrogen (secondary N) is 2. The molecule has 0 aromatic carbocycles. The Labute approximate surface area is 119 Å². The van der Waals surface area contributed by atoms with Crippen LogP contribution in [-0.2, 0) is 4.79 Å². The summed E-state index contributed by atoms with van der Waals surface area (Å²) in [6.45, 7) is 1.58. The highest BCUT2D eigenvalue weighted by molar-refractivity contribution is 6.53. The molecule has 1 aliphatic carbocycles. The number of halogens is 3. The van der Waals surface area contributed by atoms with E-state index in [1.165, 1.54) is 32.1 Å². The third-order valence-electron chi connectivity index (χ3n) is 2.89. The van der Waals surface area contributed by atoms with E-state index in [2.05, 4.69) is 10.6 Å². The van der Waals surface area contributed by atoms with Gasteiger partial charge in [0.25, 0.3) is 5.91 Å². The minimum atomic E-state index is -0.952. The lowest BCUT2D eigenvalue weighted by atomic mass is 9.95. The van der Waals surface area contributed by atoms with Gasteiger partial charge in [-0.2, -0.15) is 0 Å². The van der Waals surface area contributed by atoms with Crippen molar-refractivity contribution in [1.82, 2.24) is 10.6 Å². The molecule has 1 saturated carbocycles. The predicted molar refractivity (Wildman–Crippen MR) is 75.2 cm³/mol. The Bertz CT molecular complexity index is 209. The van der Waals surface area contributed by atoms with E-state index in [0.717, 1.165) is 13.0 Å². The molecule has 1 fully saturated rings. The first-order chi connectivity index (χ1) is 7.70. The zero-order valence-corrected chi connectivity index (χ0v) is 12.2. The largest absolute Gasteiger partial charge is 0.354 e. The molecule has 0 atom stereocenters. The standard InChI is InChI=1S/C11H20Cl2N2O.ClH/c12-10(13)11(16)15-8-4-7-14-9-5-2-1-3-6-9;/h9-10,14H,1-8H2,(H,15,16);1H. The molecule has 0 bridgehead atoms. The van der Waals surface area contributed by atoms with E-state index in [1.807, 2.05) is 0 Å². The van der Waals surface area contributed by atoms with Gasteiger partial charge in [-0.1, -0.05) is 42.5 Å². The van der Waals surface area contributed by atoms with Gasteiger partial charge in [-0.3, -0.25) is 4.79 Å². The molecule has 0 aromatic heterocycles. The quantitative estimate of drug-likeness (QED) is 0.585. The molecule has 0 aliphatic heterocycles. The van der Waals surface area contributed by atoms with Crippen molar-refractivity contribution in [3.63, 3.8) is 0 Å². The van der Waals surface area contributed by atoms with Crippen LogP contribution in [0.5, 0.6) is 0 Å². The smallest absolute Gasteiger partial charge is 0.253 e. The van der Waals surface area contributed by atoms with Crippen LogP contribution in [0.3, 0.4) is 0 Å². The Morgan fingerprint density at radius 3 is 2.41 bits per heavy atom. The third kappa shape index (κ3) is 8.09. The molecule has 6 heteroatoms. The Hall–Kier alpha value is 0.300. The first kappa shape index (κ1) is 17.3. The molecule has 0 saturated heterocycles. The number of carbonyl (C=O) groups is 1. The lowest BCUT2D eigenvalue weighted by molar-refractivity contribution is -0.119. The lowest BCUT2D eigenvalue weighted by Gasteiger charge is -2.22. The summed E-state index contributed by atoms with van der Waals surface area (Å²) in [5.41, 5.74) is 0. The van der Waals surface area contributed by atoms with Gasteiger partial charge in [0.2, 0.25) is 0 Å². The Kier molecular flexibility index (Phi) is 10.4. The normalized spacial score (nSPS) is 16.6. The number of hydrogen-bond acceptors (Lipinski definition) is 2. The summed E-state index contributed by atoms with van der Waals surface area (Å²) in [5.74, 6) is -0.305. The van der Waals surface area contributed by atoms with Gasteiger partial charge in [0.05, 0.1) is 0 Å². The summed E-state index contributed by atoms with van der Waals surface area (Å²) >= 11 is 10.8. The van der Waals surface area contributed by atoms with Crippen LogP contribution >= 0.6 is 35.6 Å². The van der Waals surface area contributed by atoms with Crippen molar-refractivity contribution in [2.75, 3.05) is 13.1 Å². The molecular weight excluding hydrogens is 282 g/mol. The lowest BCUT2D eigenvalue weighted by Crippen LogP contribution is -2.35. The average Bonchev–Trinajstić information content (AvgIpc) is 2.29. The average molecular weight is 304 g/mol. The summed E-state index contributed by atoms with van der Waals surface area (Å²) in [5, 5.41) is 6.18. The molecule has 1 rings (SSSR count). The SMILES string of the molecule is Cl.O=C(NCCCNC1CCCCC1)C(Cl)Cl. The predicted octanol–water partition coefficient (Wildman–Crippen LogP) is 2.64. The maximum atomic E-state index is 11.0. The van der Waals surface area contributed by atoms with Crippen LogP contribution in [-0.4, -0.2) is 29.9 Å². The van der Waals surface area contributed by atoms with E-state index in [0.29, 0.717) is 12.6 Å². The van der Waals surface area contributed by atoms with Crippen molar-refractivity contribution in [2.24, 2.45) is 0 Å². The second-order valence-electron chi connectivity index (χ2n) is 4.23. The van der Waals surface area contributed by atoms with Gasteiger partial charge < -0.3 is 10.6 Å². The van der Waals surface area contributed by atoms with Crippen LogP contribution in [0.1, 0.15) is 38.5 Å². The zero-order valence-electron chi connectivity index (χ0n) is 9.88. The third-order valence-corrected chi connectivity index (χ3v) is 3.29. The van der Waals surface area contributed by atoms with E-state index < -0.39 is 4.84 Å². The number of carbonyl (C=O) groups excluding carboxylic acids is 1. The number of hydrogen-bond donors (Lipinski definition) is 2. The van der Waals surface area contributed by atoms with Gasteiger partial charge in [0.15, 0.2) is 4.84 Å². The summed E-state index contributed by atoms with van der Waals surface area (Å²) in [6, 6.07) is 0.679. The maximum Gasteiger partial charge on any atom is 0.253 e. The number of rotatable bonds is 6. The zero-order chi connectivity index (χ0) is 11.8. The first-order valence-corrected chi connectivity index (χ1v) is 6.86. The molecule has 0 radical (unpaired) electrons. The Balaban J connectivity index is 0.00000256. The van der Waals surface area contributed by atoms with Gasteiger partial charge >= 0.3 is 0 Å². The molecule has 1 amide bonds. The fourth-order valence-electron chi connectivity index (χ4n) is 1.99. The molecule has 102 valence electrons. The van der Waals surface area contributed by atoms with Crippen molar-refractivity contribution in [3.8, 4) is 0 Å². The first-order valence-electron chi connectivity index (χ1n) is 5.99. The van der Waals surface area contributed by atoms with E-state index in [-0.39, 0.29) is 18.3 Å². The molecule has 0 unspecified atom stereocenters. The highest BCUT2D eigenvalue weighted by atomic mass is 35.5. The second-order valence-corrected chi connectivity index (χ2v) is 5.33. The van der Waals surface area contributed by atoms with Gasteiger partial charge in [-0.25, -0.2) is 0 Å². The van der Waals surface area contributed by atoms with Crippen LogP contribution in [0.2, 0.25) is 0 Å². The minimum absolute atomic E-state index is 0. The van der Waals surface area contributed by atoms with Crippen LogP contribution in [0.25, 0.3) is 0 Å². The fraction of sp³-hybridized carbons (Fsp3) is 0.909. The summed E-state index contributed by atoms with van der Waals surface area (Å²) in [7, 11) is 0. The highest BCUT2D eigenvalue weighted by Crippen LogP contribution is 2.17. The molecule has 0 spiro atoms. The van der Waals surface area contributed by atoms with Gasteiger partial charge in [-0.05, 0) is 25.8 Å². The number of alkyl halides is 2. The second kappa shape index (κ2) is 10.2. The molecular formula is C11H21Cl3N2O. The van der Waals surface area contributed by atoms with Gasteiger partial charge in [0, 0.05) is 12.6 Å². The van der Waals surface area contributed by atoms with Crippen LogP contribution in [0.4, 0.5) is 0 Å². The maximum absolute atomic E-state index is 11.0. The van der Waals surface area contributed by atoms with E-state index >= 15 is 0 Å². The fourth-order valence-corrected chi connectivity index (χ4v) is 2.14. The minimum Gasteiger partial charge on any atom is -0.354 e. The van der Waals surface area contributed by atoms with E-state index in [4.69, 9.17) is 23.2 Å². The molecule has 0 heterocycles. The summed E-state index contributed by atoms with van der Waals surface area (Å²) in [6.07, 6.45) is 7.56. The molecule has 2 N–H and O–H groups in total. The topological polar surface area (TPSA) is 41.1 Å². The number of amides is 1. The van der Waals surface area contributed by atoms with Gasteiger partial charge in [-0.15, -0.1) is 12.4 Å². The molecule has 0 aromatic rings. The van der Waals surface area contributed by atoms with Crippen molar-refractivity contribution in [2.45, 2.75) is 49.4 Å². The van der Waals surface area contributed by atoms with E-state index in [1.54, 1.807) is 0 Å². The van der Waals surface area contributed by atoms with Crippen LogP contribution < -0.4 is 10.6 Å². The van der Waals surface area contributed by atoms with Crippen molar-refractivity contribution in [1.29, 1.82) is 0 Å². The highest BCUT2D eigenvalue weighted by Gasteiger charge is 2.12. The summed E-state index contributed by atoms with van der Waals surface area (Å²) in [4.78, 5) is 10.1. The monoisotopic (exact) mass is 302 g/mol.